The highest BCUT2D eigenvalue weighted by molar-refractivity contribution is 5.80. The quantitative estimate of drug-likeness (QED) is 0.714. The van der Waals surface area contributed by atoms with Gasteiger partial charge in [0.05, 0.1) is 0 Å². The van der Waals surface area contributed by atoms with Gasteiger partial charge in [-0.2, -0.15) is 0 Å². The van der Waals surface area contributed by atoms with Crippen LogP contribution in [0.2, 0.25) is 0 Å². The second-order valence-electron chi connectivity index (χ2n) is 6.24. The summed E-state index contributed by atoms with van der Waals surface area (Å²) in [7, 11) is 0. The van der Waals surface area contributed by atoms with Crippen LogP contribution in [0.4, 0.5) is 0 Å². The number of carbonyl (C=O) groups is 1. The van der Waals surface area contributed by atoms with Gasteiger partial charge in [-0.05, 0) is 44.6 Å². The normalized spacial score (nSPS) is 29.6. The van der Waals surface area contributed by atoms with Gasteiger partial charge < -0.3 is 4.90 Å². The van der Waals surface area contributed by atoms with Gasteiger partial charge in [0.15, 0.2) is 0 Å². The zero-order valence-corrected chi connectivity index (χ0v) is 11.6. The lowest BCUT2D eigenvalue weighted by atomic mass is 9.61. The van der Waals surface area contributed by atoms with E-state index in [-0.39, 0.29) is 5.41 Å². The van der Waals surface area contributed by atoms with Crippen molar-refractivity contribution >= 4 is 5.91 Å². The lowest BCUT2D eigenvalue weighted by molar-refractivity contribution is -0.134. The highest BCUT2D eigenvalue weighted by Crippen LogP contribution is 2.51. The lowest BCUT2D eigenvalue weighted by Crippen LogP contribution is -2.46. The fourth-order valence-electron chi connectivity index (χ4n) is 3.46. The molecule has 1 heterocycles. The molecule has 1 atom stereocenters. The SMILES string of the molecule is CC(C)N1C=C2CCCC[C@]2(C(C)C)CC1=O. The Morgan fingerprint density at radius 3 is 2.53 bits per heavy atom. The first-order valence-electron chi connectivity index (χ1n) is 7.00. The smallest absolute Gasteiger partial charge is 0.227 e. The molecule has 2 aliphatic rings. The molecule has 0 radical (unpaired) electrons. The number of fused-ring (bicyclic) bond motifs is 1. The summed E-state index contributed by atoms with van der Waals surface area (Å²) in [6.45, 7) is 8.75. The average molecular weight is 235 g/mol. The molecule has 1 aliphatic heterocycles. The number of hydrogen-bond donors (Lipinski definition) is 0. The Bertz CT molecular complexity index is 343. The van der Waals surface area contributed by atoms with Crippen LogP contribution in [0.3, 0.4) is 0 Å². The first-order valence-corrected chi connectivity index (χ1v) is 7.00. The molecular formula is C15H25NO. The minimum absolute atomic E-state index is 0.181. The fraction of sp³-hybridized carbons (Fsp3) is 0.800. The summed E-state index contributed by atoms with van der Waals surface area (Å²) in [6.07, 6.45) is 7.87. The summed E-state index contributed by atoms with van der Waals surface area (Å²) in [5.41, 5.74) is 1.72. The van der Waals surface area contributed by atoms with Gasteiger partial charge in [0.2, 0.25) is 5.91 Å². The van der Waals surface area contributed by atoms with Gasteiger partial charge in [-0.3, -0.25) is 4.79 Å². The van der Waals surface area contributed by atoms with Crippen molar-refractivity contribution in [2.24, 2.45) is 11.3 Å². The molecule has 0 saturated heterocycles. The molecule has 1 saturated carbocycles. The number of hydrogen-bond acceptors (Lipinski definition) is 1. The van der Waals surface area contributed by atoms with Crippen LogP contribution >= 0.6 is 0 Å². The maximum Gasteiger partial charge on any atom is 0.227 e. The number of rotatable bonds is 2. The minimum atomic E-state index is 0.181. The Morgan fingerprint density at radius 2 is 1.94 bits per heavy atom. The van der Waals surface area contributed by atoms with E-state index in [0.29, 0.717) is 17.9 Å². The molecule has 2 nitrogen and oxygen atoms in total. The van der Waals surface area contributed by atoms with Crippen molar-refractivity contribution in [1.82, 2.24) is 4.90 Å². The Hall–Kier alpha value is -0.790. The molecular weight excluding hydrogens is 210 g/mol. The summed E-state index contributed by atoms with van der Waals surface area (Å²) >= 11 is 0. The van der Waals surface area contributed by atoms with E-state index in [2.05, 4.69) is 33.9 Å². The Labute approximate surface area is 105 Å². The average Bonchev–Trinajstić information content (AvgIpc) is 2.27. The first-order chi connectivity index (χ1) is 7.97. The molecule has 1 aliphatic carbocycles. The predicted molar refractivity (Wildman–Crippen MR) is 70.4 cm³/mol. The number of carbonyl (C=O) groups excluding carboxylic acids is 1. The molecule has 0 spiro atoms. The topological polar surface area (TPSA) is 20.3 Å². The Balaban J connectivity index is 2.38. The standard InChI is InChI=1S/C15H25NO/c1-11(2)15-8-6-5-7-13(15)10-16(12(3)4)14(17)9-15/h10-12H,5-9H2,1-4H3/t15-/m1/s1. The molecule has 0 aromatic heterocycles. The van der Waals surface area contributed by atoms with Crippen LogP contribution in [0, 0.1) is 11.3 Å². The van der Waals surface area contributed by atoms with E-state index in [9.17, 15) is 4.79 Å². The maximum absolute atomic E-state index is 12.3. The van der Waals surface area contributed by atoms with E-state index in [0.717, 1.165) is 6.42 Å². The van der Waals surface area contributed by atoms with Crippen LogP contribution < -0.4 is 0 Å². The van der Waals surface area contributed by atoms with Crippen molar-refractivity contribution in [2.45, 2.75) is 65.8 Å². The van der Waals surface area contributed by atoms with Gasteiger partial charge in [-0.15, -0.1) is 0 Å². The number of amides is 1. The molecule has 0 aromatic rings. The van der Waals surface area contributed by atoms with E-state index in [1.165, 1.54) is 31.3 Å². The van der Waals surface area contributed by atoms with Gasteiger partial charge in [0.25, 0.3) is 0 Å². The van der Waals surface area contributed by atoms with Crippen LogP contribution in [0.5, 0.6) is 0 Å². The van der Waals surface area contributed by atoms with E-state index < -0.39 is 0 Å². The predicted octanol–water partition coefficient (Wildman–Crippen LogP) is 3.73. The molecule has 2 rings (SSSR count). The first kappa shape index (κ1) is 12.7. The van der Waals surface area contributed by atoms with E-state index in [4.69, 9.17) is 0 Å². The van der Waals surface area contributed by atoms with Crippen LogP contribution in [0.25, 0.3) is 0 Å². The summed E-state index contributed by atoms with van der Waals surface area (Å²) in [5.74, 6) is 0.895. The fourth-order valence-corrected chi connectivity index (χ4v) is 3.46. The van der Waals surface area contributed by atoms with Crippen LogP contribution in [-0.2, 0) is 4.79 Å². The summed E-state index contributed by atoms with van der Waals surface area (Å²) in [6, 6.07) is 0.294. The van der Waals surface area contributed by atoms with Crippen LogP contribution in [0.15, 0.2) is 11.8 Å². The summed E-state index contributed by atoms with van der Waals surface area (Å²) < 4.78 is 0. The molecule has 0 unspecified atom stereocenters. The minimum Gasteiger partial charge on any atom is -0.317 e. The third kappa shape index (κ3) is 2.02. The summed E-state index contributed by atoms with van der Waals surface area (Å²) in [5, 5.41) is 0. The molecule has 17 heavy (non-hydrogen) atoms. The van der Waals surface area contributed by atoms with E-state index in [1.807, 2.05) is 4.90 Å². The Kier molecular flexibility index (Phi) is 3.33. The lowest BCUT2D eigenvalue weighted by Gasteiger charge is -2.47. The van der Waals surface area contributed by atoms with Gasteiger partial charge in [0.1, 0.15) is 0 Å². The largest absolute Gasteiger partial charge is 0.317 e. The van der Waals surface area contributed by atoms with Crippen molar-refractivity contribution in [2.75, 3.05) is 0 Å². The monoisotopic (exact) mass is 235 g/mol. The van der Waals surface area contributed by atoms with Crippen molar-refractivity contribution in [3.05, 3.63) is 11.8 Å². The summed E-state index contributed by atoms with van der Waals surface area (Å²) in [4.78, 5) is 14.2. The number of nitrogens with zero attached hydrogens (tertiary/aromatic N) is 1. The highest BCUT2D eigenvalue weighted by atomic mass is 16.2. The van der Waals surface area contributed by atoms with Crippen molar-refractivity contribution in [3.63, 3.8) is 0 Å². The van der Waals surface area contributed by atoms with Crippen LogP contribution in [0.1, 0.15) is 59.8 Å². The highest BCUT2D eigenvalue weighted by Gasteiger charge is 2.44. The molecule has 0 bridgehead atoms. The molecule has 0 aromatic carbocycles. The van der Waals surface area contributed by atoms with Gasteiger partial charge in [-0.25, -0.2) is 0 Å². The van der Waals surface area contributed by atoms with Crippen molar-refractivity contribution in [3.8, 4) is 0 Å². The molecule has 1 amide bonds. The molecule has 2 heteroatoms. The van der Waals surface area contributed by atoms with Gasteiger partial charge >= 0.3 is 0 Å². The van der Waals surface area contributed by atoms with E-state index >= 15 is 0 Å². The number of allylic oxidation sites excluding steroid dienone is 1. The zero-order valence-electron chi connectivity index (χ0n) is 11.6. The second kappa shape index (κ2) is 4.47. The molecule has 96 valence electrons. The zero-order chi connectivity index (χ0) is 12.6. The molecule has 0 N–H and O–H groups in total. The maximum atomic E-state index is 12.3. The van der Waals surface area contributed by atoms with E-state index in [1.54, 1.807) is 0 Å². The van der Waals surface area contributed by atoms with Crippen molar-refractivity contribution in [1.29, 1.82) is 0 Å². The van der Waals surface area contributed by atoms with Crippen LogP contribution in [-0.4, -0.2) is 16.8 Å². The molecule has 1 fully saturated rings. The van der Waals surface area contributed by atoms with Gasteiger partial charge in [-0.1, -0.05) is 20.3 Å². The third-order valence-corrected chi connectivity index (χ3v) is 4.67. The Morgan fingerprint density at radius 1 is 1.24 bits per heavy atom. The van der Waals surface area contributed by atoms with Gasteiger partial charge in [0, 0.05) is 24.1 Å². The third-order valence-electron chi connectivity index (χ3n) is 4.67. The second-order valence-corrected chi connectivity index (χ2v) is 6.24. The van der Waals surface area contributed by atoms with Crippen molar-refractivity contribution < 1.29 is 4.79 Å².